The average molecular weight is 339 g/mol. The van der Waals surface area contributed by atoms with Gasteiger partial charge in [0.1, 0.15) is 23.9 Å². The number of ketones is 1. The maximum Gasteiger partial charge on any atom is 0.185 e. The summed E-state index contributed by atoms with van der Waals surface area (Å²) < 4.78 is 11.2. The number of rotatable bonds is 6. The highest BCUT2D eigenvalue weighted by Gasteiger charge is 2.04. The van der Waals surface area contributed by atoms with E-state index in [0.717, 1.165) is 5.75 Å². The van der Waals surface area contributed by atoms with Gasteiger partial charge in [0.05, 0.1) is 0 Å². The molecule has 0 fully saturated rings. The minimum absolute atomic E-state index is 0.106. The minimum Gasteiger partial charge on any atom is -0.486 e. The summed E-state index contributed by atoms with van der Waals surface area (Å²) in [6, 6.07) is 19.9. The third-order valence-electron chi connectivity index (χ3n) is 3.33. The van der Waals surface area contributed by atoms with Crippen LogP contribution in [0.15, 0.2) is 77.2 Å². The summed E-state index contributed by atoms with van der Waals surface area (Å²) in [6.45, 7) is 0.336. The molecule has 120 valence electrons. The Hall–Kier alpha value is -2.78. The lowest BCUT2D eigenvalue weighted by Crippen LogP contribution is -1.93. The highest BCUT2D eigenvalue weighted by atomic mass is 35.5. The van der Waals surface area contributed by atoms with Gasteiger partial charge in [-0.2, -0.15) is 0 Å². The number of carbonyl (C=O) groups excluding carboxylic acids is 1. The Kier molecular flexibility index (Phi) is 5.14. The maximum atomic E-state index is 12.1. The van der Waals surface area contributed by atoms with Crippen LogP contribution < -0.4 is 4.74 Å². The van der Waals surface area contributed by atoms with Crippen molar-refractivity contribution in [2.24, 2.45) is 0 Å². The van der Waals surface area contributed by atoms with Gasteiger partial charge in [-0.25, -0.2) is 0 Å². The van der Waals surface area contributed by atoms with E-state index in [1.807, 2.05) is 36.4 Å². The first-order valence-corrected chi connectivity index (χ1v) is 7.83. The molecule has 3 nitrogen and oxygen atoms in total. The van der Waals surface area contributed by atoms with Crippen LogP contribution in [0, 0.1) is 0 Å². The van der Waals surface area contributed by atoms with Gasteiger partial charge in [-0.15, -0.1) is 0 Å². The molecule has 4 heteroatoms. The molecule has 0 aliphatic carbocycles. The van der Waals surface area contributed by atoms with Crippen LogP contribution >= 0.6 is 11.6 Å². The summed E-state index contributed by atoms with van der Waals surface area (Å²) in [7, 11) is 0. The van der Waals surface area contributed by atoms with E-state index in [0.29, 0.717) is 28.7 Å². The molecule has 2 aromatic carbocycles. The van der Waals surface area contributed by atoms with Gasteiger partial charge < -0.3 is 9.15 Å². The monoisotopic (exact) mass is 338 g/mol. The normalized spacial score (nSPS) is 10.9. The Morgan fingerprint density at radius 3 is 2.50 bits per heavy atom. The number of benzene rings is 2. The number of allylic oxidation sites excluding steroid dienone is 1. The van der Waals surface area contributed by atoms with Crippen LogP contribution in [0.1, 0.15) is 21.9 Å². The van der Waals surface area contributed by atoms with E-state index in [2.05, 4.69) is 0 Å². The lowest BCUT2D eigenvalue weighted by Gasteiger charge is -2.02. The zero-order valence-corrected chi connectivity index (χ0v) is 13.6. The van der Waals surface area contributed by atoms with Crippen LogP contribution in [0.5, 0.6) is 5.75 Å². The van der Waals surface area contributed by atoms with Gasteiger partial charge in [0, 0.05) is 10.6 Å². The van der Waals surface area contributed by atoms with E-state index < -0.39 is 0 Å². The molecule has 0 amide bonds. The van der Waals surface area contributed by atoms with E-state index >= 15 is 0 Å². The molecule has 0 spiro atoms. The number of carbonyl (C=O) groups is 1. The van der Waals surface area contributed by atoms with Crippen molar-refractivity contribution in [3.05, 3.63) is 94.9 Å². The lowest BCUT2D eigenvalue weighted by atomic mass is 10.1. The second kappa shape index (κ2) is 7.66. The van der Waals surface area contributed by atoms with Gasteiger partial charge in [-0.1, -0.05) is 29.8 Å². The molecule has 0 aliphatic heterocycles. The maximum absolute atomic E-state index is 12.1. The smallest absolute Gasteiger partial charge is 0.185 e. The Bertz CT molecular complexity index is 833. The summed E-state index contributed by atoms with van der Waals surface area (Å²) in [5.74, 6) is 1.97. The fourth-order valence-electron chi connectivity index (χ4n) is 2.10. The molecular weight excluding hydrogens is 324 g/mol. The molecule has 0 N–H and O–H groups in total. The molecule has 0 aliphatic rings. The molecule has 24 heavy (non-hydrogen) atoms. The third kappa shape index (κ3) is 4.37. The van der Waals surface area contributed by atoms with Crippen molar-refractivity contribution in [1.82, 2.24) is 0 Å². The number of halogens is 1. The zero-order chi connectivity index (χ0) is 16.8. The minimum atomic E-state index is -0.106. The van der Waals surface area contributed by atoms with E-state index in [1.54, 1.807) is 36.4 Å². The van der Waals surface area contributed by atoms with Gasteiger partial charge in [0.15, 0.2) is 5.78 Å². The Morgan fingerprint density at radius 1 is 1.00 bits per heavy atom. The molecule has 3 rings (SSSR count). The van der Waals surface area contributed by atoms with Crippen molar-refractivity contribution in [3.63, 3.8) is 0 Å². The van der Waals surface area contributed by atoms with Crippen LogP contribution in [-0.2, 0) is 6.61 Å². The summed E-state index contributed by atoms with van der Waals surface area (Å²) in [5, 5.41) is 0.602. The summed E-state index contributed by atoms with van der Waals surface area (Å²) in [4.78, 5) is 12.1. The first-order chi connectivity index (χ1) is 11.7. The highest BCUT2D eigenvalue weighted by molar-refractivity contribution is 6.30. The van der Waals surface area contributed by atoms with Crippen molar-refractivity contribution < 1.29 is 13.9 Å². The van der Waals surface area contributed by atoms with Gasteiger partial charge in [-0.3, -0.25) is 4.79 Å². The predicted molar refractivity (Wildman–Crippen MR) is 94.3 cm³/mol. The molecule has 1 aromatic heterocycles. The van der Waals surface area contributed by atoms with E-state index in [1.165, 1.54) is 6.08 Å². The predicted octanol–water partition coefficient (Wildman–Crippen LogP) is 5.41. The summed E-state index contributed by atoms with van der Waals surface area (Å²) >= 11 is 5.81. The van der Waals surface area contributed by atoms with Crippen molar-refractivity contribution in [2.75, 3.05) is 0 Å². The summed E-state index contributed by atoms with van der Waals surface area (Å²) in [5.41, 5.74) is 0.579. The molecule has 1 heterocycles. The average Bonchev–Trinajstić information content (AvgIpc) is 3.07. The Balaban J connectivity index is 1.59. The molecule has 0 saturated heterocycles. The second-order valence-corrected chi connectivity index (χ2v) is 5.55. The van der Waals surface area contributed by atoms with Crippen molar-refractivity contribution in [2.45, 2.75) is 6.61 Å². The molecule has 0 atom stereocenters. The van der Waals surface area contributed by atoms with Crippen molar-refractivity contribution in [1.29, 1.82) is 0 Å². The largest absolute Gasteiger partial charge is 0.486 e. The van der Waals surface area contributed by atoms with Crippen LogP contribution in [0.4, 0.5) is 0 Å². The fourth-order valence-corrected chi connectivity index (χ4v) is 2.23. The Morgan fingerprint density at radius 2 is 1.75 bits per heavy atom. The number of hydrogen-bond acceptors (Lipinski definition) is 3. The van der Waals surface area contributed by atoms with E-state index in [9.17, 15) is 4.79 Å². The van der Waals surface area contributed by atoms with Crippen LogP contribution in [-0.4, -0.2) is 5.78 Å². The Labute approximate surface area is 145 Å². The van der Waals surface area contributed by atoms with Crippen LogP contribution in [0.25, 0.3) is 6.08 Å². The van der Waals surface area contributed by atoms with Crippen LogP contribution in [0.3, 0.4) is 0 Å². The molecule has 0 unspecified atom stereocenters. The number of furan rings is 1. The van der Waals surface area contributed by atoms with Crippen LogP contribution in [0.2, 0.25) is 5.02 Å². The topological polar surface area (TPSA) is 39.4 Å². The number of ether oxygens (including phenoxy) is 1. The van der Waals surface area contributed by atoms with Gasteiger partial charge in [0.2, 0.25) is 0 Å². The van der Waals surface area contributed by atoms with Gasteiger partial charge in [0.25, 0.3) is 0 Å². The molecule has 0 radical (unpaired) electrons. The first kappa shape index (κ1) is 16.1. The molecule has 0 saturated carbocycles. The van der Waals surface area contributed by atoms with Crippen molar-refractivity contribution in [3.8, 4) is 5.75 Å². The SMILES string of the molecule is O=C(/C=C/c1ccc(COc2ccccc2)o1)c1ccc(Cl)cc1. The zero-order valence-electron chi connectivity index (χ0n) is 12.8. The molecule has 3 aromatic rings. The lowest BCUT2D eigenvalue weighted by molar-refractivity contribution is 0.104. The van der Waals surface area contributed by atoms with E-state index in [-0.39, 0.29) is 5.78 Å². The van der Waals surface area contributed by atoms with Crippen molar-refractivity contribution >= 4 is 23.5 Å². The highest BCUT2D eigenvalue weighted by Crippen LogP contribution is 2.15. The first-order valence-electron chi connectivity index (χ1n) is 7.45. The molecule has 0 bridgehead atoms. The standard InChI is InChI=1S/C20H15ClO3/c21-16-8-6-15(7-9-16)20(22)13-12-18-10-11-19(24-18)14-23-17-4-2-1-3-5-17/h1-13H,14H2/b13-12+. The van der Waals surface area contributed by atoms with E-state index in [4.69, 9.17) is 20.8 Å². The van der Waals surface area contributed by atoms with Gasteiger partial charge in [-0.05, 0) is 60.7 Å². The van der Waals surface area contributed by atoms with Gasteiger partial charge >= 0.3 is 0 Å². The molecular formula is C20H15ClO3. The fraction of sp³-hybridized carbons (Fsp3) is 0.0500. The summed E-state index contributed by atoms with van der Waals surface area (Å²) in [6.07, 6.45) is 3.12. The quantitative estimate of drug-likeness (QED) is 0.445. The second-order valence-electron chi connectivity index (χ2n) is 5.11. The third-order valence-corrected chi connectivity index (χ3v) is 3.59. The number of hydrogen-bond donors (Lipinski definition) is 0. The number of para-hydroxylation sites is 1.